The van der Waals surface area contributed by atoms with Crippen LogP contribution < -0.4 is 10.5 Å². The normalized spacial score (nSPS) is 12.2. The number of hydrogen-bond acceptors (Lipinski definition) is 3. The minimum atomic E-state index is 0.0381. The quantitative estimate of drug-likeness (QED) is 0.842. The molecule has 19 heavy (non-hydrogen) atoms. The minimum absolute atomic E-state index is 0.0381. The van der Waals surface area contributed by atoms with Gasteiger partial charge in [0.2, 0.25) is 0 Å². The third-order valence-electron chi connectivity index (χ3n) is 3.08. The number of aryl methyl sites for hydroxylation is 1. The minimum Gasteiger partial charge on any atom is -0.496 e. The molecule has 0 saturated carbocycles. The molecule has 1 atom stereocenters. The first-order valence-electron chi connectivity index (χ1n) is 6.29. The average molecular weight is 273 g/mol. The summed E-state index contributed by atoms with van der Waals surface area (Å²) >= 11 is 1.73. The van der Waals surface area contributed by atoms with E-state index in [9.17, 15) is 0 Å². The van der Waals surface area contributed by atoms with Crippen molar-refractivity contribution in [1.82, 2.24) is 0 Å². The number of para-hydroxylation sites is 1. The van der Waals surface area contributed by atoms with Crippen molar-refractivity contribution >= 4 is 11.8 Å². The second-order valence-electron chi connectivity index (χ2n) is 4.42. The number of nitrogens with two attached hydrogens (primary N) is 1. The predicted molar refractivity (Wildman–Crippen MR) is 81.8 cm³/mol. The fraction of sp³-hybridized carbons (Fsp3) is 0.250. The number of methoxy groups -OCH3 is 1. The first kappa shape index (κ1) is 14.0. The molecule has 2 rings (SSSR count). The van der Waals surface area contributed by atoms with E-state index in [0.29, 0.717) is 0 Å². The van der Waals surface area contributed by atoms with E-state index in [4.69, 9.17) is 10.5 Å². The van der Waals surface area contributed by atoms with E-state index < -0.39 is 0 Å². The highest BCUT2D eigenvalue weighted by atomic mass is 32.2. The van der Waals surface area contributed by atoms with Gasteiger partial charge in [-0.05, 0) is 30.2 Å². The van der Waals surface area contributed by atoms with Gasteiger partial charge in [0.25, 0.3) is 0 Å². The van der Waals surface area contributed by atoms with Gasteiger partial charge in [-0.1, -0.05) is 36.4 Å². The first-order chi connectivity index (χ1) is 9.22. The zero-order chi connectivity index (χ0) is 13.7. The SMILES string of the molecule is COc1ccccc1SCC(N)c1ccccc1C. The molecule has 0 spiro atoms. The molecule has 0 aliphatic rings. The van der Waals surface area contributed by atoms with Crippen LogP contribution in [0.5, 0.6) is 5.75 Å². The fourth-order valence-corrected chi connectivity index (χ4v) is 3.02. The number of ether oxygens (including phenoxy) is 1. The summed E-state index contributed by atoms with van der Waals surface area (Å²) in [7, 11) is 1.70. The van der Waals surface area contributed by atoms with Crippen molar-refractivity contribution < 1.29 is 4.74 Å². The van der Waals surface area contributed by atoms with Crippen LogP contribution in [0.3, 0.4) is 0 Å². The van der Waals surface area contributed by atoms with E-state index in [1.54, 1.807) is 18.9 Å². The van der Waals surface area contributed by atoms with Crippen LogP contribution in [0.15, 0.2) is 53.4 Å². The summed E-state index contributed by atoms with van der Waals surface area (Å²) < 4.78 is 5.35. The third kappa shape index (κ3) is 3.52. The van der Waals surface area contributed by atoms with Crippen LogP contribution in [-0.2, 0) is 0 Å². The molecule has 0 aliphatic heterocycles. The first-order valence-corrected chi connectivity index (χ1v) is 7.28. The highest BCUT2D eigenvalue weighted by molar-refractivity contribution is 7.99. The largest absolute Gasteiger partial charge is 0.496 e. The topological polar surface area (TPSA) is 35.2 Å². The van der Waals surface area contributed by atoms with Gasteiger partial charge in [0.05, 0.1) is 7.11 Å². The zero-order valence-electron chi connectivity index (χ0n) is 11.3. The molecule has 0 fully saturated rings. The lowest BCUT2D eigenvalue weighted by molar-refractivity contribution is 0.405. The van der Waals surface area contributed by atoms with Crippen molar-refractivity contribution in [3.63, 3.8) is 0 Å². The number of hydrogen-bond donors (Lipinski definition) is 1. The molecule has 0 aliphatic carbocycles. The van der Waals surface area contributed by atoms with E-state index in [2.05, 4.69) is 25.1 Å². The van der Waals surface area contributed by atoms with Crippen molar-refractivity contribution in [3.05, 3.63) is 59.7 Å². The maximum Gasteiger partial charge on any atom is 0.132 e. The Morgan fingerprint density at radius 1 is 1.11 bits per heavy atom. The van der Waals surface area contributed by atoms with Crippen LogP contribution in [-0.4, -0.2) is 12.9 Å². The molecule has 1 unspecified atom stereocenters. The molecule has 0 saturated heterocycles. The van der Waals surface area contributed by atoms with Gasteiger partial charge in [-0.25, -0.2) is 0 Å². The van der Waals surface area contributed by atoms with Crippen LogP contribution in [0.1, 0.15) is 17.2 Å². The maximum atomic E-state index is 6.27. The van der Waals surface area contributed by atoms with Gasteiger partial charge >= 0.3 is 0 Å². The zero-order valence-corrected chi connectivity index (χ0v) is 12.1. The molecule has 2 nitrogen and oxygen atoms in total. The van der Waals surface area contributed by atoms with Crippen LogP contribution >= 0.6 is 11.8 Å². The Morgan fingerprint density at radius 3 is 2.53 bits per heavy atom. The molecule has 0 aromatic heterocycles. The van der Waals surface area contributed by atoms with E-state index in [0.717, 1.165) is 16.4 Å². The van der Waals surface area contributed by atoms with Gasteiger partial charge in [-0.15, -0.1) is 11.8 Å². The fourth-order valence-electron chi connectivity index (χ4n) is 2.01. The monoisotopic (exact) mass is 273 g/mol. The summed E-state index contributed by atoms with van der Waals surface area (Å²) in [4.78, 5) is 1.13. The van der Waals surface area contributed by atoms with Gasteiger partial charge in [-0.3, -0.25) is 0 Å². The Morgan fingerprint density at radius 2 is 1.79 bits per heavy atom. The summed E-state index contributed by atoms with van der Waals surface area (Å²) in [6, 6.07) is 16.3. The molecule has 0 bridgehead atoms. The van der Waals surface area contributed by atoms with Gasteiger partial charge in [-0.2, -0.15) is 0 Å². The van der Waals surface area contributed by atoms with Gasteiger partial charge in [0.1, 0.15) is 5.75 Å². The smallest absolute Gasteiger partial charge is 0.132 e. The predicted octanol–water partition coefficient (Wildman–Crippen LogP) is 3.80. The lowest BCUT2D eigenvalue weighted by Crippen LogP contribution is -2.14. The van der Waals surface area contributed by atoms with Gasteiger partial charge in [0.15, 0.2) is 0 Å². The van der Waals surface area contributed by atoms with Crippen LogP contribution in [0.25, 0.3) is 0 Å². The summed E-state index contributed by atoms with van der Waals surface area (Å²) in [5.41, 5.74) is 8.73. The Hall–Kier alpha value is -1.45. The molecule has 3 heteroatoms. The van der Waals surface area contributed by atoms with Crippen molar-refractivity contribution in [2.45, 2.75) is 17.9 Å². The highest BCUT2D eigenvalue weighted by Gasteiger charge is 2.10. The van der Waals surface area contributed by atoms with E-state index in [-0.39, 0.29) is 6.04 Å². The Bertz CT molecular complexity index is 542. The molecule has 0 amide bonds. The summed E-state index contributed by atoms with van der Waals surface area (Å²) in [6.07, 6.45) is 0. The highest BCUT2D eigenvalue weighted by Crippen LogP contribution is 2.31. The molecular weight excluding hydrogens is 254 g/mol. The Balaban J connectivity index is 2.04. The summed E-state index contributed by atoms with van der Waals surface area (Å²) in [5.74, 6) is 1.75. The molecule has 2 aromatic carbocycles. The van der Waals surface area contributed by atoms with Crippen LogP contribution in [0, 0.1) is 6.92 Å². The van der Waals surface area contributed by atoms with Crippen LogP contribution in [0.2, 0.25) is 0 Å². The van der Waals surface area contributed by atoms with Crippen LogP contribution in [0.4, 0.5) is 0 Å². The summed E-state index contributed by atoms with van der Waals surface area (Å²) in [6.45, 7) is 2.10. The van der Waals surface area contributed by atoms with Crippen molar-refractivity contribution in [1.29, 1.82) is 0 Å². The Kier molecular flexibility index (Phi) is 4.88. The third-order valence-corrected chi connectivity index (χ3v) is 4.25. The van der Waals surface area contributed by atoms with Crippen molar-refractivity contribution in [2.24, 2.45) is 5.73 Å². The molecule has 0 heterocycles. The Labute approximate surface area is 119 Å². The van der Waals surface area contributed by atoms with E-state index in [1.807, 2.05) is 30.3 Å². The summed E-state index contributed by atoms with van der Waals surface area (Å²) in [5, 5.41) is 0. The molecule has 100 valence electrons. The van der Waals surface area contributed by atoms with E-state index >= 15 is 0 Å². The number of benzene rings is 2. The molecule has 0 radical (unpaired) electrons. The lowest BCUT2D eigenvalue weighted by atomic mass is 10.0. The van der Waals surface area contributed by atoms with Crippen molar-refractivity contribution in [2.75, 3.05) is 12.9 Å². The van der Waals surface area contributed by atoms with Gasteiger partial charge in [0, 0.05) is 16.7 Å². The number of rotatable bonds is 5. The number of thioether (sulfide) groups is 1. The van der Waals surface area contributed by atoms with Crippen molar-refractivity contribution in [3.8, 4) is 5.75 Å². The van der Waals surface area contributed by atoms with E-state index in [1.165, 1.54) is 11.1 Å². The average Bonchev–Trinajstić information content (AvgIpc) is 2.45. The second-order valence-corrected chi connectivity index (χ2v) is 5.49. The maximum absolute atomic E-state index is 6.27. The molecule has 2 N–H and O–H groups in total. The molecule has 2 aromatic rings. The van der Waals surface area contributed by atoms with Gasteiger partial charge < -0.3 is 10.5 Å². The second kappa shape index (κ2) is 6.64. The standard InChI is InChI=1S/C16H19NOS/c1-12-7-3-4-8-13(12)14(17)11-19-16-10-6-5-9-15(16)18-2/h3-10,14H,11,17H2,1-2H3. The molecular formula is C16H19NOS. The lowest BCUT2D eigenvalue weighted by Gasteiger charge is -2.15.